The molecule has 1 N–H and O–H groups in total. The van der Waals surface area contributed by atoms with Gasteiger partial charge < -0.3 is 9.63 Å². The summed E-state index contributed by atoms with van der Waals surface area (Å²) in [6.45, 7) is 2.23. The largest absolute Gasteiger partial charge is 0.481 e. The third-order valence-electron chi connectivity index (χ3n) is 3.09. The predicted octanol–water partition coefficient (Wildman–Crippen LogP) is 1.99. The van der Waals surface area contributed by atoms with Gasteiger partial charge in [-0.25, -0.2) is 0 Å². The summed E-state index contributed by atoms with van der Waals surface area (Å²) in [5, 5.41) is 12.5. The molecule has 1 heterocycles. The van der Waals surface area contributed by atoms with E-state index >= 15 is 0 Å². The van der Waals surface area contributed by atoms with Crippen LogP contribution in [0.1, 0.15) is 50.2 Å². The molecule has 0 aliphatic heterocycles. The van der Waals surface area contributed by atoms with Crippen LogP contribution in [0.15, 0.2) is 4.52 Å². The maximum atomic E-state index is 10.5. The molecule has 1 aliphatic carbocycles. The van der Waals surface area contributed by atoms with E-state index in [1.54, 1.807) is 0 Å². The van der Waals surface area contributed by atoms with Gasteiger partial charge >= 0.3 is 5.97 Å². The van der Waals surface area contributed by atoms with Gasteiger partial charge in [-0.1, -0.05) is 24.9 Å². The molecule has 0 saturated heterocycles. The van der Waals surface area contributed by atoms with Crippen LogP contribution in [-0.4, -0.2) is 21.2 Å². The van der Waals surface area contributed by atoms with Crippen molar-refractivity contribution in [2.75, 3.05) is 0 Å². The average Bonchev–Trinajstić information content (AvgIpc) is 2.65. The molecule has 16 heavy (non-hydrogen) atoms. The molecule has 0 spiro atoms. The Morgan fingerprint density at radius 2 is 2.38 bits per heavy atom. The summed E-state index contributed by atoms with van der Waals surface area (Å²) in [4.78, 5) is 14.6. The summed E-state index contributed by atoms with van der Waals surface area (Å²) in [5.41, 5.74) is 0. The summed E-state index contributed by atoms with van der Waals surface area (Å²) < 4.78 is 4.92. The van der Waals surface area contributed by atoms with Gasteiger partial charge in [0.1, 0.15) is 6.42 Å². The number of rotatable bonds is 3. The normalized spacial score (nSPS) is 25.6. The first-order valence-corrected chi connectivity index (χ1v) is 5.69. The second kappa shape index (κ2) is 4.63. The zero-order valence-corrected chi connectivity index (χ0v) is 9.35. The van der Waals surface area contributed by atoms with Crippen molar-refractivity contribution in [3.05, 3.63) is 11.7 Å². The first-order valence-electron chi connectivity index (χ1n) is 5.69. The number of hydrogen-bond donors (Lipinski definition) is 1. The second-order valence-electron chi connectivity index (χ2n) is 4.59. The molecule has 0 amide bonds. The molecule has 0 aromatic carbocycles. The molecule has 88 valence electrons. The SMILES string of the molecule is CC1CCCC(c2noc(CC(=O)O)n2)C1. The summed E-state index contributed by atoms with van der Waals surface area (Å²) >= 11 is 0. The molecule has 1 aromatic rings. The number of carboxylic acids is 1. The van der Waals surface area contributed by atoms with Gasteiger partial charge in [-0.3, -0.25) is 4.79 Å². The lowest BCUT2D eigenvalue weighted by Crippen LogP contribution is -2.13. The highest BCUT2D eigenvalue weighted by Crippen LogP contribution is 2.34. The number of aliphatic carboxylic acids is 1. The molecule has 5 nitrogen and oxygen atoms in total. The Morgan fingerprint density at radius 3 is 3.06 bits per heavy atom. The molecule has 1 aliphatic rings. The Morgan fingerprint density at radius 1 is 1.56 bits per heavy atom. The first-order chi connectivity index (χ1) is 7.65. The number of nitrogens with zero attached hydrogens (tertiary/aromatic N) is 2. The van der Waals surface area contributed by atoms with Gasteiger partial charge in [0.05, 0.1) is 0 Å². The Kier molecular flexibility index (Phi) is 3.22. The lowest BCUT2D eigenvalue weighted by atomic mass is 9.82. The molecule has 0 radical (unpaired) electrons. The van der Waals surface area contributed by atoms with Gasteiger partial charge in [0.2, 0.25) is 5.89 Å². The minimum absolute atomic E-state index is 0.185. The first kappa shape index (κ1) is 11.1. The number of aromatic nitrogens is 2. The van der Waals surface area contributed by atoms with E-state index in [1.807, 2.05) is 0 Å². The Bertz CT molecular complexity index is 375. The van der Waals surface area contributed by atoms with Crippen LogP contribution in [0, 0.1) is 5.92 Å². The van der Waals surface area contributed by atoms with Crippen molar-refractivity contribution in [2.45, 2.75) is 44.9 Å². The minimum Gasteiger partial charge on any atom is -0.481 e. The van der Waals surface area contributed by atoms with Crippen LogP contribution >= 0.6 is 0 Å². The third-order valence-corrected chi connectivity index (χ3v) is 3.09. The van der Waals surface area contributed by atoms with Crippen LogP contribution in [0.4, 0.5) is 0 Å². The average molecular weight is 224 g/mol. The molecule has 1 saturated carbocycles. The second-order valence-corrected chi connectivity index (χ2v) is 4.59. The standard InChI is InChI=1S/C11H16N2O3/c1-7-3-2-4-8(5-7)11-12-9(16-13-11)6-10(14)15/h7-8H,2-6H2,1H3,(H,14,15). The van der Waals surface area contributed by atoms with Gasteiger partial charge in [-0.2, -0.15) is 4.98 Å². The fraction of sp³-hybridized carbons (Fsp3) is 0.727. The third kappa shape index (κ3) is 2.59. The fourth-order valence-electron chi connectivity index (χ4n) is 2.30. The maximum Gasteiger partial charge on any atom is 0.312 e. The summed E-state index contributed by atoms with van der Waals surface area (Å²) in [7, 11) is 0. The van der Waals surface area contributed by atoms with E-state index in [4.69, 9.17) is 9.63 Å². The smallest absolute Gasteiger partial charge is 0.312 e. The number of carbonyl (C=O) groups is 1. The van der Waals surface area contributed by atoms with Crippen LogP contribution < -0.4 is 0 Å². The number of carboxylic acid groups (broad SMARTS) is 1. The molecule has 1 fully saturated rings. The molecule has 2 unspecified atom stereocenters. The van der Waals surface area contributed by atoms with Crippen LogP contribution in [-0.2, 0) is 11.2 Å². The molecular weight excluding hydrogens is 208 g/mol. The quantitative estimate of drug-likeness (QED) is 0.849. The zero-order valence-electron chi connectivity index (χ0n) is 9.35. The summed E-state index contributed by atoms with van der Waals surface area (Å²) in [6.07, 6.45) is 4.42. The van der Waals surface area contributed by atoms with Crippen LogP contribution in [0.3, 0.4) is 0 Å². The summed E-state index contributed by atoms with van der Waals surface area (Å²) in [5.74, 6) is 0.992. The van der Waals surface area contributed by atoms with Crippen molar-refractivity contribution in [2.24, 2.45) is 5.92 Å². The van der Waals surface area contributed by atoms with Crippen molar-refractivity contribution in [3.63, 3.8) is 0 Å². The maximum absolute atomic E-state index is 10.5. The molecule has 5 heteroatoms. The van der Waals surface area contributed by atoms with E-state index in [0.29, 0.717) is 17.7 Å². The van der Waals surface area contributed by atoms with Crippen LogP contribution in [0.2, 0.25) is 0 Å². The Balaban J connectivity index is 2.03. The van der Waals surface area contributed by atoms with E-state index in [0.717, 1.165) is 12.8 Å². The molecule has 2 atom stereocenters. The van der Waals surface area contributed by atoms with Gasteiger partial charge in [-0.15, -0.1) is 0 Å². The molecule has 2 rings (SSSR count). The van der Waals surface area contributed by atoms with Gasteiger partial charge in [0.15, 0.2) is 5.82 Å². The molecule has 1 aromatic heterocycles. The monoisotopic (exact) mass is 224 g/mol. The van der Waals surface area contributed by atoms with Crippen molar-refractivity contribution in [3.8, 4) is 0 Å². The van der Waals surface area contributed by atoms with Crippen LogP contribution in [0.5, 0.6) is 0 Å². The lowest BCUT2D eigenvalue weighted by Gasteiger charge is -2.23. The minimum atomic E-state index is -0.938. The van der Waals surface area contributed by atoms with Crippen LogP contribution in [0.25, 0.3) is 0 Å². The zero-order chi connectivity index (χ0) is 11.5. The molecular formula is C11H16N2O3. The fourth-order valence-corrected chi connectivity index (χ4v) is 2.30. The lowest BCUT2D eigenvalue weighted by molar-refractivity contribution is -0.136. The van der Waals surface area contributed by atoms with Gasteiger partial charge in [-0.05, 0) is 18.8 Å². The molecule has 0 bridgehead atoms. The van der Waals surface area contributed by atoms with E-state index in [-0.39, 0.29) is 12.3 Å². The van der Waals surface area contributed by atoms with E-state index < -0.39 is 5.97 Å². The highest BCUT2D eigenvalue weighted by Gasteiger charge is 2.24. The summed E-state index contributed by atoms with van der Waals surface area (Å²) in [6, 6.07) is 0. The highest BCUT2D eigenvalue weighted by molar-refractivity contribution is 5.68. The topological polar surface area (TPSA) is 76.2 Å². The predicted molar refractivity (Wildman–Crippen MR) is 56.0 cm³/mol. The van der Waals surface area contributed by atoms with Crippen molar-refractivity contribution in [1.29, 1.82) is 0 Å². The van der Waals surface area contributed by atoms with Crippen molar-refractivity contribution < 1.29 is 14.4 Å². The van der Waals surface area contributed by atoms with Gasteiger partial charge in [0, 0.05) is 5.92 Å². The highest BCUT2D eigenvalue weighted by atomic mass is 16.5. The van der Waals surface area contributed by atoms with Crippen molar-refractivity contribution in [1.82, 2.24) is 10.1 Å². The Hall–Kier alpha value is -1.39. The van der Waals surface area contributed by atoms with E-state index in [2.05, 4.69) is 17.1 Å². The van der Waals surface area contributed by atoms with Crippen molar-refractivity contribution >= 4 is 5.97 Å². The van der Waals surface area contributed by atoms with Gasteiger partial charge in [0.25, 0.3) is 0 Å². The van der Waals surface area contributed by atoms with E-state index in [9.17, 15) is 4.79 Å². The Labute approximate surface area is 93.9 Å². The number of hydrogen-bond acceptors (Lipinski definition) is 4. The van der Waals surface area contributed by atoms with E-state index in [1.165, 1.54) is 12.8 Å².